The number of anilines is 1. The molecule has 0 bridgehead atoms. The summed E-state index contributed by atoms with van der Waals surface area (Å²) in [4.78, 5) is 17.0. The molecule has 1 aliphatic carbocycles. The van der Waals surface area contributed by atoms with Crippen LogP contribution < -0.4 is 15.8 Å². The maximum absolute atomic E-state index is 12.6. The van der Waals surface area contributed by atoms with Crippen molar-refractivity contribution in [3.63, 3.8) is 0 Å². The van der Waals surface area contributed by atoms with Gasteiger partial charge in [-0.1, -0.05) is 31.5 Å². The summed E-state index contributed by atoms with van der Waals surface area (Å²) in [6.45, 7) is 2.45. The molecule has 2 rings (SSSR count). The Morgan fingerprint density at radius 1 is 1.43 bits per heavy atom. The van der Waals surface area contributed by atoms with Gasteiger partial charge in [-0.15, -0.1) is 0 Å². The number of nitrogens with one attached hydrogen (secondary N) is 1. The average Bonchev–Trinajstić information content (AvgIpc) is 2.50. The van der Waals surface area contributed by atoms with Crippen LogP contribution in [-0.2, 0) is 4.79 Å². The van der Waals surface area contributed by atoms with Crippen LogP contribution in [0.15, 0.2) is 18.3 Å². The molecule has 0 aromatic carbocycles. The molecule has 0 saturated heterocycles. The second-order valence-electron chi connectivity index (χ2n) is 5.28. The number of carbonyl (C=O) groups excluding carboxylic acids is 1. The standard InChI is InChI=1S/C15H21N3O2S/c1-2-20-12-7-6-11(10-17-12)18-14(19)15(13(16)21)8-4-3-5-9-15/h6-7,10H,2-5,8-9H2,1H3,(H2,16,21)(H,18,19). The lowest BCUT2D eigenvalue weighted by atomic mass is 9.73. The molecular weight excluding hydrogens is 286 g/mol. The van der Waals surface area contributed by atoms with Crippen LogP contribution in [0.2, 0.25) is 0 Å². The number of aromatic nitrogens is 1. The second-order valence-corrected chi connectivity index (χ2v) is 5.72. The molecule has 21 heavy (non-hydrogen) atoms. The smallest absolute Gasteiger partial charge is 0.237 e. The van der Waals surface area contributed by atoms with E-state index in [1.54, 1.807) is 18.3 Å². The fourth-order valence-electron chi connectivity index (χ4n) is 2.68. The van der Waals surface area contributed by atoms with E-state index < -0.39 is 5.41 Å². The fraction of sp³-hybridized carbons (Fsp3) is 0.533. The van der Waals surface area contributed by atoms with Crippen molar-refractivity contribution >= 4 is 28.8 Å². The van der Waals surface area contributed by atoms with Crippen molar-refractivity contribution in [2.24, 2.45) is 11.1 Å². The Morgan fingerprint density at radius 3 is 2.67 bits per heavy atom. The number of pyridine rings is 1. The Morgan fingerprint density at radius 2 is 2.14 bits per heavy atom. The zero-order valence-corrected chi connectivity index (χ0v) is 13.0. The summed E-state index contributed by atoms with van der Waals surface area (Å²) in [5, 5.41) is 2.88. The molecule has 0 aliphatic heterocycles. The summed E-state index contributed by atoms with van der Waals surface area (Å²) in [5.74, 6) is 0.415. The van der Waals surface area contributed by atoms with E-state index in [0.717, 1.165) is 32.1 Å². The predicted octanol–water partition coefficient (Wildman–Crippen LogP) is 2.66. The van der Waals surface area contributed by atoms with Crippen molar-refractivity contribution in [1.82, 2.24) is 4.98 Å². The van der Waals surface area contributed by atoms with Crippen LogP contribution in [0.4, 0.5) is 5.69 Å². The normalized spacial score (nSPS) is 17.0. The van der Waals surface area contributed by atoms with Gasteiger partial charge in [0.05, 0.1) is 28.9 Å². The van der Waals surface area contributed by atoms with E-state index in [1.165, 1.54) is 0 Å². The third kappa shape index (κ3) is 3.50. The van der Waals surface area contributed by atoms with Crippen molar-refractivity contribution in [3.05, 3.63) is 18.3 Å². The molecule has 1 fully saturated rings. The van der Waals surface area contributed by atoms with E-state index in [1.807, 2.05) is 6.92 Å². The van der Waals surface area contributed by atoms with Crippen molar-refractivity contribution in [2.45, 2.75) is 39.0 Å². The zero-order valence-electron chi connectivity index (χ0n) is 12.2. The minimum atomic E-state index is -0.716. The van der Waals surface area contributed by atoms with E-state index in [0.29, 0.717) is 23.2 Å². The monoisotopic (exact) mass is 307 g/mol. The van der Waals surface area contributed by atoms with Crippen molar-refractivity contribution < 1.29 is 9.53 Å². The number of carbonyl (C=O) groups is 1. The third-order valence-corrected chi connectivity index (χ3v) is 4.29. The maximum atomic E-state index is 12.6. The van der Waals surface area contributed by atoms with E-state index >= 15 is 0 Å². The first-order valence-electron chi connectivity index (χ1n) is 7.29. The molecule has 114 valence electrons. The number of nitrogens with zero attached hydrogens (tertiary/aromatic N) is 1. The Bertz CT molecular complexity index is 510. The minimum absolute atomic E-state index is 0.124. The van der Waals surface area contributed by atoms with E-state index in [2.05, 4.69) is 10.3 Å². The summed E-state index contributed by atoms with van der Waals surface area (Å²) in [6.07, 6.45) is 6.11. The average molecular weight is 307 g/mol. The van der Waals surface area contributed by atoms with Gasteiger partial charge in [0.1, 0.15) is 0 Å². The molecule has 1 amide bonds. The molecule has 1 aliphatic rings. The molecule has 0 spiro atoms. The Hall–Kier alpha value is -1.69. The number of ether oxygens (including phenoxy) is 1. The van der Waals surface area contributed by atoms with Gasteiger partial charge in [-0.3, -0.25) is 4.79 Å². The van der Waals surface area contributed by atoms with Crippen molar-refractivity contribution in [3.8, 4) is 5.88 Å². The SMILES string of the molecule is CCOc1ccc(NC(=O)C2(C(N)=S)CCCCC2)cn1. The minimum Gasteiger partial charge on any atom is -0.478 e. The molecule has 1 saturated carbocycles. The summed E-state index contributed by atoms with van der Waals surface area (Å²) in [5.41, 5.74) is 5.77. The first-order valence-corrected chi connectivity index (χ1v) is 7.69. The van der Waals surface area contributed by atoms with E-state index in [-0.39, 0.29) is 5.91 Å². The lowest BCUT2D eigenvalue weighted by molar-refractivity contribution is -0.123. The molecule has 1 heterocycles. The molecule has 1 aromatic heterocycles. The lowest BCUT2D eigenvalue weighted by Crippen LogP contribution is -2.47. The molecule has 0 unspecified atom stereocenters. The summed E-state index contributed by atoms with van der Waals surface area (Å²) >= 11 is 5.16. The van der Waals surface area contributed by atoms with Gasteiger partial charge >= 0.3 is 0 Å². The Labute approximate surface area is 130 Å². The van der Waals surface area contributed by atoms with Crippen LogP contribution in [-0.4, -0.2) is 22.5 Å². The topological polar surface area (TPSA) is 77.2 Å². The van der Waals surface area contributed by atoms with Crippen LogP contribution in [0, 0.1) is 5.41 Å². The quantitative estimate of drug-likeness (QED) is 0.818. The molecule has 0 atom stereocenters. The lowest BCUT2D eigenvalue weighted by Gasteiger charge is -2.34. The van der Waals surface area contributed by atoms with Crippen molar-refractivity contribution in [2.75, 3.05) is 11.9 Å². The zero-order chi connectivity index (χ0) is 15.3. The third-order valence-electron chi connectivity index (χ3n) is 3.90. The molecule has 1 aromatic rings. The van der Waals surface area contributed by atoms with E-state index in [4.69, 9.17) is 22.7 Å². The highest BCUT2D eigenvalue weighted by Gasteiger charge is 2.42. The highest BCUT2D eigenvalue weighted by molar-refractivity contribution is 7.80. The first-order chi connectivity index (χ1) is 10.1. The number of rotatable bonds is 5. The van der Waals surface area contributed by atoms with Crippen LogP contribution >= 0.6 is 12.2 Å². The van der Waals surface area contributed by atoms with Gasteiger partial charge < -0.3 is 15.8 Å². The summed E-state index contributed by atoms with van der Waals surface area (Å²) in [6, 6.07) is 3.50. The van der Waals surface area contributed by atoms with Crippen molar-refractivity contribution in [1.29, 1.82) is 0 Å². The van der Waals surface area contributed by atoms with Gasteiger partial charge in [0.15, 0.2) is 0 Å². The van der Waals surface area contributed by atoms with E-state index in [9.17, 15) is 4.79 Å². The Kier molecular flexibility index (Phi) is 5.12. The first kappa shape index (κ1) is 15.7. The van der Waals surface area contributed by atoms with Crippen LogP contribution in [0.5, 0.6) is 5.88 Å². The second kappa shape index (κ2) is 6.85. The molecule has 0 radical (unpaired) electrons. The number of thiocarbonyl (C=S) groups is 1. The van der Waals surface area contributed by atoms with Gasteiger partial charge in [0.25, 0.3) is 0 Å². The number of amides is 1. The molecule has 6 heteroatoms. The predicted molar refractivity (Wildman–Crippen MR) is 86.3 cm³/mol. The van der Waals surface area contributed by atoms with Gasteiger partial charge in [-0.05, 0) is 25.8 Å². The largest absolute Gasteiger partial charge is 0.478 e. The van der Waals surface area contributed by atoms with Crippen LogP contribution in [0.3, 0.4) is 0 Å². The summed E-state index contributed by atoms with van der Waals surface area (Å²) in [7, 11) is 0. The highest BCUT2D eigenvalue weighted by atomic mass is 32.1. The fourth-order valence-corrected chi connectivity index (χ4v) is 2.98. The number of hydrogen-bond acceptors (Lipinski definition) is 4. The maximum Gasteiger partial charge on any atom is 0.237 e. The van der Waals surface area contributed by atoms with Crippen LogP contribution in [0.1, 0.15) is 39.0 Å². The van der Waals surface area contributed by atoms with Gasteiger partial charge in [-0.25, -0.2) is 4.98 Å². The molecular formula is C15H21N3O2S. The highest BCUT2D eigenvalue weighted by Crippen LogP contribution is 2.37. The molecule has 3 N–H and O–H groups in total. The Balaban J connectivity index is 2.09. The number of nitrogens with two attached hydrogens (primary N) is 1. The number of hydrogen-bond donors (Lipinski definition) is 2. The van der Waals surface area contributed by atoms with Crippen LogP contribution in [0.25, 0.3) is 0 Å². The van der Waals surface area contributed by atoms with Gasteiger partial charge in [0, 0.05) is 6.07 Å². The molecule has 5 nitrogen and oxygen atoms in total. The van der Waals surface area contributed by atoms with Gasteiger partial charge in [-0.2, -0.15) is 0 Å². The summed E-state index contributed by atoms with van der Waals surface area (Å²) < 4.78 is 5.28. The van der Waals surface area contributed by atoms with Gasteiger partial charge in [0.2, 0.25) is 11.8 Å².